The lowest BCUT2D eigenvalue weighted by molar-refractivity contribution is -0.134. The predicted octanol–water partition coefficient (Wildman–Crippen LogP) is 1.82. The number of hydrogen-bond donors (Lipinski definition) is 2. The van der Waals surface area contributed by atoms with Gasteiger partial charge in [-0.1, -0.05) is 12.1 Å². The molecule has 8 heteroatoms. The molecule has 0 aromatic heterocycles. The molecule has 1 heterocycles. The lowest BCUT2D eigenvalue weighted by Gasteiger charge is -2.28. The molecular formula is C15H21N5O2S. The second-order valence-corrected chi connectivity index (χ2v) is 5.15. The number of rotatable bonds is 6. The molecule has 23 heavy (non-hydrogen) atoms. The van der Waals surface area contributed by atoms with E-state index in [2.05, 4.69) is 47.3 Å². The van der Waals surface area contributed by atoms with Gasteiger partial charge in [0.1, 0.15) is 5.71 Å². The molecule has 124 valence electrons. The van der Waals surface area contributed by atoms with Crippen LogP contribution >= 0.6 is 12.9 Å². The molecule has 0 bridgehead atoms. The number of nitrogens with one attached hydrogen (secondary N) is 1. The Morgan fingerprint density at radius 1 is 1.39 bits per heavy atom. The van der Waals surface area contributed by atoms with Crippen molar-refractivity contribution < 1.29 is 8.98 Å². The summed E-state index contributed by atoms with van der Waals surface area (Å²) in [6.45, 7) is 7.75. The molecule has 2 rings (SSSR count). The lowest BCUT2D eigenvalue weighted by atomic mass is 10.2. The van der Waals surface area contributed by atoms with Gasteiger partial charge in [-0.2, -0.15) is 15.2 Å². The number of carbonyl (C=O) groups is 1. The van der Waals surface area contributed by atoms with Crippen molar-refractivity contribution in [2.24, 2.45) is 10.2 Å². The highest BCUT2D eigenvalue weighted by Gasteiger charge is 2.29. The summed E-state index contributed by atoms with van der Waals surface area (Å²) in [5.41, 5.74) is 4.99. The van der Waals surface area contributed by atoms with Crippen LogP contribution in [-0.2, 0) is 8.98 Å². The average Bonchev–Trinajstić information content (AvgIpc) is 2.58. The molecule has 1 N–H and O–H groups in total. The summed E-state index contributed by atoms with van der Waals surface area (Å²) in [5.74, 6) is -0.334. The number of hydrogen-bond acceptors (Lipinski definition) is 7. The Hall–Kier alpha value is -2.06. The Labute approximate surface area is 141 Å². The summed E-state index contributed by atoms with van der Waals surface area (Å²) >= 11 is 3.73. The lowest BCUT2D eigenvalue weighted by Crippen LogP contribution is -2.51. The van der Waals surface area contributed by atoms with Crippen LogP contribution in [0, 0.1) is 0 Å². The smallest absolute Gasteiger partial charge is 0.293 e. The highest BCUT2D eigenvalue weighted by Crippen LogP contribution is 2.14. The number of thiol groups is 1. The van der Waals surface area contributed by atoms with Crippen LogP contribution in [0.1, 0.15) is 26.3 Å². The van der Waals surface area contributed by atoms with Crippen molar-refractivity contribution in [2.75, 3.05) is 18.0 Å². The molecule has 0 aliphatic carbocycles. The Bertz CT molecular complexity index is 598. The van der Waals surface area contributed by atoms with Crippen molar-refractivity contribution in [3.63, 3.8) is 0 Å². The number of anilines is 1. The molecule has 1 aromatic rings. The highest BCUT2D eigenvalue weighted by molar-refractivity contribution is 7.75. The van der Waals surface area contributed by atoms with Gasteiger partial charge in [0.05, 0.1) is 6.21 Å². The average molecular weight is 335 g/mol. The predicted molar refractivity (Wildman–Crippen MR) is 94.5 cm³/mol. The van der Waals surface area contributed by atoms with E-state index in [-0.39, 0.29) is 5.91 Å². The van der Waals surface area contributed by atoms with E-state index in [0.717, 1.165) is 29.3 Å². The number of carbonyl (C=O) groups excluding carboxylic acids is 1. The van der Waals surface area contributed by atoms with E-state index in [4.69, 9.17) is 4.18 Å². The fraction of sp³-hybridized carbons (Fsp3) is 0.400. The van der Waals surface area contributed by atoms with Crippen molar-refractivity contribution in [1.82, 2.24) is 10.4 Å². The monoisotopic (exact) mass is 335 g/mol. The quantitative estimate of drug-likeness (QED) is 0.473. The minimum absolute atomic E-state index is 0.306. The number of amides is 1. The van der Waals surface area contributed by atoms with Gasteiger partial charge in [0.15, 0.2) is 0 Å². The summed E-state index contributed by atoms with van der Waals surface area (Å²) < 4.78 is 4.85. The zero-order valence-corrected chi connectivity index (χ0v) is 14.3. The molecule has 1 atom stereocenters. The van der Waals surface area contributed by atoms with Gasteiger partial charge in [0.25, 0.3) is 12.3 Å². The molecule has 1 amide bonds. The summed E-state index contributed by atoms with van der Waals surface area (Å²) in [6, 6.07) is 7.97. The Balaban J connectivity index is 2.13. The first kappa shape index (κ1) is 17.3. The van der Waals surface area contributed by atoms with E-state index in [1.807, 2.05) is 24.3 Å². The first-order valence-electron chi connectivity index (χ1n) is 7.43. The molecule has 0 saturated carbocycles. The van der Waals surface area contributed by atoms with Gasteiger partial charge in [-0.3, -0.25) is 14.4 Å². The molecule has 1 unspecified atom stereocenters. The van der Waals surface area contributed by atoms with Crippen LogP contribution in [0.2, 0.25) is 0 Å². The van der Waals surface area contributed by atoms with Gasteiger partial charge in [-0.15, -0.1) is 0 Å². The van der Waals surface area contributed by atoms with Gasteiger partial charge in [-0.25, -0.2) is 0 Å². The van der Waals surface area contributed by atoms with Gasteiger partial charge in [-0.05, 0) is 51.4 Å². The van der Waals surface area contributed by atoms with Crippen LogP contribution in [0.15, 0.2) is 34.5 Å². The summed E-state index contributed by atoms with van der Waals surface area (Å²) in [5, 5.41) is 9.18. The third-order valence-electron chi connectivity index (χ3n) is 3.54. The molecule has 0 radical (unpaired) electrons. The molecule has 1 aliphatic heterocycles. The first-order valence-corrected chi connectivity index (χ1v) is 7.79. The van der Waals surface area contributed by atoms with Crippen LogP contribution in [0.4, 0.5) is 5.69 Å². The van der Waals surface area contributed by atoms with Crippen molar-refractivity contribution in [2.45, 2.75) is 27.1 Å². The van der Waals surface area contributed by atoms with Crippen LogP contribution in [0.5, 0.6) is 0 Å². The summed E-state index contributed by atoms with van der Waals surface area (Å²) in [4.78, 5) is 14.3. The van der Waals surface area contributed by atoms with E-state index < -0.39 is 6.35 Å². The highest BCUT2D eigenvalue weighted by atomic mass is 32.1. The van der Waals surface area contributed by atoms with E-state index >= 15 is 0 Å². The van der Waals surface area contributed by atoms with Crippen LogP contribution < -0.4 is 10.3 Å². The van der Waals surface area contributed by atoms with Crippen molar-refractivity contribution in [3.8, 4) is 0 Å². The van der Waals surface area contributed by atoms with Gasteiger partial charge < -0.3 is 4.90 Å². The van der Waals surface area contributed by atoms with Crippen LogP contribution in [0.25, 0.3) is 0 Å². The molecular weight excluding hydrogens is 314 g/mol. The normalized spacial score (nSPS) is 18.1. The fourth-order valence-corrected chi connectivity index (χ4v) is 2.33. The van der Waals surface area contributed by atoms with Crippen molar-refractivity contribution in [3.05, 3.63) is 29.8 Å². The van der Waals surface area contributed by atoms with E-state index in [9.17, 15) is 4.79 Å². The Morgan fingerprint density at radius 3 is 2.61 bits per heavy atom. The maximum atomic E-state index is 12.1. The fourth-order valence-electron chi connectivity index (χ4n) is 2.20. The molecule has 1 aromatic carbocycles. The van der Waals surface area contributed by atoms with E-state index in [1.54, 1.807) is 13.1 Å². The van der Waals surface area contributed by atoms with Gasteiger partial charge >= 0.3 is 0 Å². The van der Waals surface area contributed by atoms with Gasteiger partial charge in [0.2, 0.25) is 0 Å². The molecule has 0 saturated heterocycles. The molecule has 7 nitrogen and oxygen atoms in total. The van der Waals surface area contributed by atoms with E-state index in [1.165, 1.54) is 0 Å². The largest absolute Gasteiger partial charge is 0.372 e. The van der Waals surface area contributed by atoms with Crippen molar-refractivity contribution in [1.29, 1.82) is 0 Å². The number of nitrogens with zero attached hydrogens (tertiary/aromatic N) is 4. The van der Waals surface area contributed by atoms with Crippen molar-refractivity contribution >= 4 is 36.4 Å². The standard InChI is InChI=1S/C15H21N5O2S/c1-4-19(5-2)13-8-6-12(7-9-13)10-16-20-14(21)11(3)17-18-15(20)22-23/h6-10,15,18,23H,4-5H2,1-3H3/b16-10+. The number of hydrazone groups is 2. The molecule has 0 spiro atoms. The number of benzene rings is 1. The molecule has 0 fully saturated rings. The topological polar surface area (TPSA) is 69.5 Å². The first-order chi connectivity index (χ1) is 11.1. The Kier molecular flexibility index (Phi) is 6.00. The minimum atomic E-state index is -0.833. The maximum absolute atomic E-state index is 12.1. The van der Waals surface area contributed by atoms with Gasteiger partial charge in [0, 0.05) is 18.8 Å². The Morgan fingerprint density at radius 2 is 2.04 bits per heavy atom. The summed E-state index contributed by atoms with van der Waals surface area (Å²) in [6.07, 6.45) is 0.769. The summed E-state index contributed by atoms with van der Waals surface area (Å²) in [7, 11) is 0. The second kappa shape index (κ2) is 7.98. The second-order valence-electron chi connectivity index (χ2n) is 4.94. The minimum Gasteiger partial charge on any atom is -0.372 e. The maximum Gasteiger partial charge on any atom is 0.293 e. The zero-order valence-electron chi connectivity index (χ0n) is 13.4. The van der Waals surface area contributed by atoms with Crippen LogP contribution in [-0.4, -0.2) is 42.3 Å². The third-order valence-corrected chi connectivity index (χ3v) is 3.73. The molecule has 1 aliphatic rings. The van der Waals surface area contributed by atoms with Crippen LogP contribution in [0.3, 0.4) is 0 Å². The zero-order chi connectivity index (χ0) is 16.8. The third kappa shape index (κ3) is 4.02. The SMILES string of the molecule is CCN(CC)c1ccc(/C=N/N2C(=O)C(C)=NNC2OS)cc1. The van der Waals surface area contributed by atoms with E-state index in [0.29, 0.717) is 5.71 Å².